The summed E-state index contributed by atoms with van der Waals surface area (Å²) in [7, 11) is 0. The first-order chi connectivity index (χ1) is 8.49. The number of carbonyl (C=O) groups excluding carboxylic acids is 1. The normalized spacial score (nSPS) is 11.6. The summed E-state index contributed by atoms with van der Waals surface area (Å²) >= 11 is 1.83. The Morgan fingerprint density at radius 3 is 2.39 bits per heavy atom. The third-order valence-corrected chi connectivity index (χ3v) is 5.24. The van der Waals surface area contributed by atoms with Crippen molar-refractivity contribution in [3.05, 3.63) is 17.0 Å². The summed E-state index contributed by atoms with van der Waals surface area (Å²) < 4.78 is 0.140. The first-order valence-corrected chi connectivity index (χ1v) is 7.57. The van der Waals surface area contributed by atoms with Crippen LogP contribution in [-0.2, 0) is 0 Å². The Balaban J connectivity index is 2.72. The van der Waals surface area contributed by atoms with Gasteiger partial charge in [-0.3, -0.25) is 9.89 Å². The summed E-state index contributed by atoms with van der Waals surface area (Å²) in [6.07, 6.45) is 4.20. The zero-order valence-corrected chi connectivity index (χ0v) is 12.7. The van der Waals surface area contributed by atoms with Gasteiger partial charge < -0.3 is 5.32 Å². The van der Waals surface area contributed by atoms with E-state index in [9.17, 15) is 4.79 Å². The van der Waals surface area contributed by atoms with Gasteiger partial charge in [0.25, 0.3) is 5.91 Å². The second-order valence-electron chi connectivity index (χ2n) is 4.59. The fourth-order valence-corrected chi connectivity index (χ4v) is 2.87. The Morgan fingerprint density at radius 1 is 1.39 bits per heavy atom. The van der Waals surface area contributed by atoms with Crippen LogP contribution in [0, 0.1) is 13.8 Å². The Morgan fingerprint density at radius 2 is 2.00 bits per heavy atom. The molecule has 2 N–H and O–H groups in total. The molecule has 102 valence electrons. The van der Waals surface area contributed by atoms with Crippen LogP contribution in [0.15, 0.2) is 0 Å². The van der Waals surface area contributed by atoms with Gasteiger partial charge in [0.2, 0.25) is 0 Å². The van der Waals surface area contributed by atoms with Crippen molar-refractivity contribution in [3.63, 3.8) is 0 Å². The molecular formula is C13H23N3OS. The molecule has 0 aliphatic carbocycles. The van der Waals surface area contributed by atoms with Gasteiger partial charge in [0.1, 0.15) is 0 Å². The van der Waals surface area contributed by atoms with E-state index in [0.717, 1.165) is 24.2 Å². The number of aromatic nitrogens is 2. The summed E-state index contributed by atoms with van der Waals surface area (Å²) in [6, 6.07) is 0. The van der Waals surface area contributed by atoms with Gasteiger partial charge in [-0.2, -0.15) is 16.9 Å². The maximum Gasteiger partial charge on any atom is 0.255 e. The first-order valence-electron chi connectivity index (χ1n) is 6.34. The van der Waals surface area contributed by atoms with E-state index in [2.05, 4.69) is 35.6 Å². The summed E-state index contributed by atoms with van der Waals surface area (Å²) in [5.41, 5.74) is 2.26. The molecule has 0 aromatic carbocycles. The number of nitrogens with one attached hydrogen (secondary N) is 2. The molecule has 0 radical (unpaired) electrons. The van der Waals surface area contributed by atoms with Crippen LogP contribution in [0.1, 0.15) is 48.4 Å². The van der Waals surface area contributed by atoms with Crippen molar-refractivity contribution < 1.29 is 4.79 Å². The van der Waals surface area contributed by atoms with Gasteiger partial charge in [-0.25, -0.2) is 0 Å². The van der Waals surface area contributed by atoms with E-state index in [0.29, 0.717) is 12.1 Å². The van der Waals surface area contributed by atoms with Crippen LogP contribution in [0.4, 0.5) is 0 Å². The molecule has 0 spiro atoms. The van der Waals surface area contributed by atoms with Crippen LogP contribution in [0.3, 0.4) is 0 Å². The quantitative estimate of drug-likeness (QED) is 0.834. The summed E-state index contributed by atoms with van der Waals surface area (Å²) in [4.78, 5) is 12.2. The highest BCUT2D eigenvalue weighted by atomic mass is 32.2. The van der Waals surface area contributed by atoms with Gasteiger partial charge in [-0.15, -0.1) is 0 Å². The van der Waals surface area contributed by atoms with E-state index >= 15 is 0 Å². The van der Waals surface area contributed by atoms with Crippen molar-refractivity contribution in [3.8, 4) is 0 Å². The molecule has 0 bridgehead atoms. The van der Waals surface area contributed by atoms with Gasteiger partial charge in [0.05, 0.1) is 11.3 Å². The lowest BCUT2D eigenvalue weighted by Gasteiger charge is -2.29. The monoisotopic (exact) mass is 269 g/mol. The number of carbonyl (C=O) groups is 1. The average molecular weight is 269 g/mol. The Kier molecular flexibility index (Phi) is 5.26. The molecule has 4 nitrogen and oxygen atoms in total. The van der Waals surface area contributed by atoms with Gasteiger partial charge in [-0.05, 0) is 32.9 Å². The minimum Gasteiger partial charge on any atom is -0.351 e. The van der Waals surface area contributed by atoms with Gasteiger partial charge in [-0.1, -0.05) is 13.8 Å². The predicted octanol–water partition coefficient (Wildman–Crippen LogP) is 2.68. The molecule has 0 fully saturated rings. The molecule has 1 heterocycles. The average Bonchev–Trinajstić information content (AvgIpc) is 2.71. The largest absolute Gasteiger partial charge is 0.351 e. The number of amides is 1. The summed E-state index contributed by atoms with van der Waals surface area (Å²) in [6.45, 7) is 8.75. The Hall–Kier alpha value is -0.970. The second-order valence-corrected chi connectivity index (χ2v) is 5.86. The highest BCUT2D eigenvalue weighted by Crippen LogP contribution is 2.29. The van der Waals surface area contributed by atoms with E-state index in [1.807, 2.05) is 25.6 Å². The first kappa shape index (κ1) is 15.1. The lowest BCUT2D eigenvalue weighted by Crippen LogP contribution is -2.39. The van der Waals surface area contributed by atoms with Crippen molar-refractivity contribution in [2.24, 2.45) is 0 Å². The number of aromatic amines is 1. The number of hydrogen-bond acceptors (Lipinski definition) is 3. The highest BCUT2D eigenvalue weighted by Gasteiger charge is 2.26. The van der Waals surface area contributed by atoms with E-state index in [-0.39, 0.29) is 10.7 Å². The minimum atomic E-state index is -0.0286. The van der Waals surface area contributed by atoms with Gasteiger partial charge >= 0.3 is 0 Å². The topological polar surface area (TPSA) is 57.8 Å². The maximum atomic E-state index is 12.2. The lowest BCUT2D eigenvalue weighted by atomic mass is 10.0. The number of thioether (sulfide) groups is 1. The smallest absolute Gasteiger partial charge is 0.255 e. The van der Waals surface area contributed by atoms with Crippen molar-refractivity contribution in [1.82, 2.24) is 15.5 Å². The third kappa shape index (κ3) is 3.07. The van der Waals surface area contributed by atoms with Crippen LogP contribution in [0.25, 0.3) is 0 Å². The SMILES string of the molecule is CCC(CC)(CNC(=O)c1c(C)n[nH]c1C)SC. The van der Waals surface area contributed by atoms with Crippen molar-refractivity contribution in [1.29, 1.82) is 0 Å². The lowest BCUT2D eigenvalue weighted by molar-refractivity contribution is 0.0948. The highest BCUT2D eigenvalue weighted by molar-refractivity contribution is 8.00. The maximum absolute atomic E-state index is 12.2. The summed E-state index contributed by atoms with van der Waals surface area (Å²) in [5, 5.41) is 9.93. The molecule has 1 rings (SSSR count). The molecular weight excluding hydrogens is 246 g/mol. The molecule has 1 aromatic rings. The molecule has 0 aliphatic rings. The van der Waals surface area contributed by atoms with E-state index < -0.39 is 0 Å². The summed E-state index contributed by atoms with van der Waals surface area (Å²) in [5.74, 6) is -0.0286. The van der Waals surface area contributed by atoms with Gasteiger partial charge in [0.15, 0.2) is 0 Å². The molecule has 18 heavy (non-hydrogen) atoms. The van der Waals surface area contributed by atoms with E-state index in [4.69, 9.17) is 0 Å². The molecule has 0 atom stereocenters. The number of aryl methyl sites for hydroxylation is 2. The van der Waals surface area contributed by atoms with E-state index in [1.54, 1.807) is 0 Å². The minimum absolute atomic E-state index is 0.0286. The molecule has 5 heteroatoms. The molecule has 0 saturated carbocycles. The third-order valence-electron chi connectivity index (χ3n) is 3.65. The molecule has 0 saturated heterocycles. The van der Waals surface area contributed by atoms with Crippen molar-refractivity contribution >= 4 is 17.7 Å². The van der Waals surface area contributed by atoms with Crippen molar-refractivity contribution in [2.75, 3.05) is 12.8 Å². The standard InChI is InChI=1S/C13H23N3OS/c1-6-13(7-2,18-5)8-14-12(17)11-9(3)15-16-10(11)4/h6-8H2,1-5H3,(H,14,17)(H,15,16). The molecule has 0 unspecified atom stereocenters. The predicted molar refractivity (Wildman–Crippen MR) is 77.2 cm³/mol. The number of rotatable bonds is 6. The van der Waals surface area contributed by atoms with Crippen LogP contribution in [-0.4, -0.2) is 33.7 Å². The van der Waals surface area contributed by atoms with Gasteiger partial charge in [0, 0.05) is 17.0 Å². The molecule has 1 aromatic heterocycles. The van der Waals surface area contributed by atoms with Crippen molar-refractivity contribution in [2.45, 2.75) is 45.3 Å². The van der Waals surface area contributed by atoms with Crippen LogP contribution >= 0.6 is 11.8 Å². The second kappa shape index (κ2) is 6.27. The number of hydrogen-bond donors (Lipinski definition) is 2. The Bertz CT molecular complexity index is 383. The molecule has 1 amide bonds. The number of H-pyrrole nitrogens is 1. The van der Waals surface area contributed by atoms with Crippen LogP contribution < -0.4 is 5.32 Å². The van der Waals surface area contributed by atoms with Crippen LogP contribution in [0.2, 0.25) is 0 Å². The molecule has 0 aliphatic heterocycles. The zero-order valence-electron chi connectivity index (χ0n) is 11.9. The van der Waals surface area contributed by atoms with Crippen LogP contribution in [0.5, 0.6) is 0 Å². The fraction of sp³-hybridized carbons (Fsp3) is 0.692. The van der Waals surface area contributed by atoms with E-state index in [1.165, 1.54) is 0 Å². The zero-order chi connectivity index (χ0) is 13.8. The fourth-order valence-electron chi connectivity index (χ4n) is 2.08. The Labute approximate surface area is 113 Å². The number of nitrogens with zero attached hydrogens (tertiary/aromatic N) is 1.